The molecule has 0 radical (unpaired) electrons. The third-order valence-corrected chi connectivity index (χ3v) is 15.7. The summed E-state index contributed by atoms with van der Waals surface area (Å²) >= 11 is 0. The van der Waals surface area contributed by atoms with Gasteiger partial charge < -0.3 is 0 Å². The SMILES string of the molecule is CC(C)c1ccc(P(C(C)C)C(C)C)c(P(C)c2cc(C(C)C)ccc2P(C(C)C)C(C)C)c1. The van der Waals surface area contributed by atoms with Crippen molar-refractivity contribution in [2.75, 3.05) is 6.66 Å². The van der Waals surface area contributed by atoms with Gasteiger partial charge in [0.15, 0.2) is 0 Å². The van der Waals surface area contributed by atoms with Crippen molar-refractivity contribution in [2.45, 2.75) is 118 Å². The van der Waals surface area contributed by atoms with Crippen molar-refractivity contribution in [1.29, 1.82) is 0 Å². The van der Waals surface area contributed by atoms with Gasteiger partial charge >= 0.3 is 0 Å². The van der Waals surface area contributed by atoms with Crippen molar-refractivity contribution in [3.05, 3.63) is 47.5 Å². The van der Waals surface area contributed by atoms with E-state index in [1.54, 1.807) is 21.2 Å². The van der Waals surface area contributed by atoms with Gasteiger partial charge in [-0.15, -0.1) is 0 Å². The topological polar surface area (TPSA) is 0 Å². The molecule has 0 spiro atoms. The van der Waals surface area contributed by atoms with E-state index < -0.39 is 7.92 Å². The first-order chi connectivity index (χ1) is 15.8. The second-order valence-corrected chi connectivity index (χ2v) is 20.4. The zero-order valence-electron chi connectivity index (χ0n) is 24.3. The fourth-order valence-corrected chi connectivity index (χ4v) is 14.3. The minimum absolute atomic E-state index is 0.198. The van der Waals surface area contributed by atoms with E-state index in [1.807, 2.05) is 0 Å². The monoisotopic (exact) mass is 516 g/mol. The van der Waals surface area contributed by atoms with Gasteiger partial charge in [0.25, 0.3) is 0 Å². The molecular formula is C31H51P3. The van der Waals surface area contributed by atoms with Crippen molar-refractivity contribution in [2.24, 2.45) is 0 Å². The van der Waals surface area contributed by atoms with Gasteiger partial charge in [-0.1, -0.05) is 135 Å². The molecule has 0 aliphatic rings. The Bertz CT molecular complexity index is 833. The fraction of sp³-hybridized carbons (Fsp3) is 0.613. The van der Waals surface area contributed by atoms with Crippen LogP contribution in [0.3, 0.4) is 0 Å². The second kappa shape index (κ2) is 12.8. The molecule has 0 aliphatic heterocycles. The van der Waals surface area contributed by atoms with E-state index in [1.165, 1.54) is 11.1 Å². The molecule has 0 aromatic heterocycles. The Morgan fingerprint density at radius 2 is 0.735 bits per heavy atom. The summed E-state index contributed by atoms with van der Waals surface area (Å²) < 4.78 is 0. The van der Waals surface area contributed by atoms with Crippen molar-refractivity contribution in [3.8, 4) is 0 Å². The first-order valence-electron chi connectivity index (χ1n) is 13.4. The molecule has 0 aliphatic carbocycles. The van der Waals surface area contributed by atoms with E-state index in [4.69, 9.17) is 0 Å². The molecule has 190 valence electrons. The molecule has 0 saturated carbocycles. The number of hydrogen-bond acceptors (Lipinski definition) is 0. The Morgan fingerprint density at radius 3 is 0.971 bits per heavy atom. The minimum Gasteiger partial charge on any atom is -0.0694 e. The summed E-state index contributed by atoms with van der Waals surface area (Å²) in [4.78, 5) is 0. The Morgan fingerprint density at radius 1 is 0.441 bits per heavy atom. The van der Waals surface area contributed by atoms with Gasteiger partial charge in [-0.25, -0.2) is 0 Å². The standard InChI is InChI=1S/C31H51P3/c1-20(2)26-14-16-28(33(22(5)6)23(7)8)30(18-26)32(13)31-19-27(21(3)4)15-17-29(31)34(24(9)10)25(11)12/h14-25H,1-13H3. The Labute approximate surface area is 216 Å². The lowest BCUT2D eigenvalue weighted by molar-refractivity contribution is 0.868. The molecule has 34 heavy (non-hydrogen) atoms. The first-order valence-corrected chi connectivity index (χ1v) is 18.1. The highest BCUT2D eigenvalue weighted by atomic mass is 31.1. The van der Waals surface area contributed by atoms with E-state index in [-0.39, 0.29) is 15.8 Å². The third-order valence-electron chi connectivity index (χ3n) is 6.84. The lowest BCUT2D eigenvalue weighted by Gasteiger charge is -2.34. The van der Waals surface area contributed by atoms with Crippen LogP contribution in [-0.2, 0) is 0 Å². The van der Waals surface area contributed by atoms with Crippen LogP contribution in [0.1, 0.15) is 106 Å². The quantitative estimate of drug-likeness (QED) is 0.277. The van der Waals surface area contributed by atoms with Crippen molar-refractivity contribution < 1.29 is 0 Å². The second-order valence-electron chi connectivity index (χ2n) is 11.6. The molecule has 2 rings (SSSR count). The number of benzene rings is 2. The molecule has 2 aromatic carbocycles. The zero-order valence-corrected chi connectivity index (χ0v) is 27.0. The Hall–Kier alpha value is -0.270. The van der Waals surface area contributed by atoms with E-state index in [0.717, 1.165) is 0 Å². The number of rotatable bonds is 10. The first kappa shape index (κ1) is 30.0. The Balaban J connectivity index is 2.84. The van der Waals surface area contributed by atoms with Crippen LogP contribution >= 0.6 is 23.8 Å². The summed E-state index contributed by atoms with van der Waals surface area (Å²) in [6.07, 6.45) is 0. The lowest BCUT2D eigenvalue weighted by atomic mass is 10.0. The highest BCUT2D eigenvalue weighted by Crippen LogP contribution is 2.49. The Kier molecular flexibility index (Phi) is 11.3. The van der Waals surface area contributed by atoms with Gasteiger partial charge in [0.05, 0.1) is 0 Å². The van der Waals surface area contributed by atoms with E-state index in [0.29, 0.717) is 34.5 Å². The molecule has 0 heterocycles. The van der Waals surface area contributed by atoms with Gasteiger partial charge in [0.2, 0.25) is 0 Å². The molecule has 0 unspecified atom stereocenters. The maximum Gasteiger partial charge on any atom is -0.0118 e. The van der Waals surface area contributed by atoms with Crippen LogP contribution in [0.15, 0.2) is 36.4 Å². The summed E-state index contributed by atoms with van der Waals surface area (Å²) in [7, 11) is -0.821. The highest BCUT2D eigenvalue weighted by molar-refractivity contribution is 7.78. The summed E-state index contributed by atoms with van der Waals surface area (Å²) in [5.74, 6) is 1.12. The van der Waals surface area contributed by atoms with Crippen LogP contribution in [-0.4, -0.2) is 29.3 Å². The molecule has 3 heteroatoms. The minimum atomic E-state index is -0.426. The number of hydrogen-bond donors (Lipinski definition) is 0. The summed E-state index contributed by atoms with van der Waals surface area (Å²) in [6.45, 7) is 31.4. The van der Waals surface area contributed by atoms with Crippen LogP contribution in [0.4, 0.5) is 0 Å². The molecule has 0 bridgehead atoms. The van der Waals surface area contributed by atoms with Gasteiger partial charge in [0, 0.05) is 0 Å². The van der Waals surface area contributed by atoms with Crippen LogP contribution in [0.5, 0.6) is 0 Å². The summed E-state index contributed by atoms with van der Waals surface area (Å²) in [5, 5.41) is 6.63. The average Bonchev–Trinajstić information content (AvgIpc) is 2.72. The van der Waals surface area contributed by atoms with Crippen LogP contribution in [0.2, 0.25) is 0 Å². The smallest absolute Gasteiger partial charge is 0.0118 e. The summed E-state index contributed by atoms with van der Waals surface area (Å²) in [5.41, 5.74) is 5.79. The molecule has 0 nitrogen and oxygen atoms in total. The van der Waals surface area contributed by atoms with Crippen LogP contribution < -0.4 is 21.2 Å². The van der Waals surface area contributed by atoms with Crippen LogP contribution in [0, 0.1) is 0 Å². The predicted molar refractivity (Wildman–Crippen MR) is 167 cm³/mol. The molecule has 0 amide bonds. The zero-order chi connectivity index (χ0) is 25.9. The maximum atomic E-state index is 2.60. The largest absolute Gasteiger partial charge is 0.0694 e. The van der Waals surface area contributed by atoms with E-state index in [2.05, 4.69) is 126 Å². The highest BCUT2D eigenvalue weighted by Gasteiger charge is 2.29. The normalized spacial score (nSPS) is 12.9. The molecule has 0 fully saturated rings. The van der Waals surface area contributed by atoms with Crippen molar-refractivity contribution in [3.63, 3.8) is 0 Å². The molecule has 0 atom stereocenters. The average molecular weight is 517 g/mol. The van der Waals surface area contributed by atoms with E-state index >= 15 is 0 Å². The summed E-state index contributed by atoms with van der Waals surface area (Å²) in [6, 6.07) is 15.1. The molecular weight excluding hydrogens is 465 g/mol. The van der Waals surface area contributed by atoms with Gasteiger partial charge in [-0.3, -0.25) is 0 Å². The van der Waals surface area contributed by atoms with Crippen molar-refractivity contribution in [1.82, 2.24) is 0 Å². The lowest BCUT2D eigenvalue weighted by Crippen LogP contribution is -2.35. The van der Waals surface area contributed by atoms with E-state index in [9.17, 15) is 0 Å². The van der Waals surface area contributed by atoms with Crippen LogP contribution in [0.25, 0.3) is 0 Å². The maximum absolute atomic E-state index is 2.60. The third kappa shape index (κ3) is 6.94. The van der Waals surface area contributed by atoms with Gasteiger partial charge in [-0.2, -0.15) is 0 Å². The fourth-order valence-electron chi connectivity index (χ4n) is 5.21. The molecule has 0 saturated heterocycles. The van der Waals surface area contributed by atoms with Gasteiger partial charge in [0.1, 0.15) is 0 Å². The van der Waals surface area contributed by atoms with Crippen molar-refractivity contribution >= 4 is 45.0 Å². The predicted octanol–water partition coefficient (Wildman–Crippen LogP) is 8.84. The van der Waals surface area contributed by atoms with Gasteiger partial charge in [-0.05, 0) is 81.4 Å². The molecule has 2 aromatic rings. The molecule has 0 N–H and O–H groups in total.